The highest BCUT2D eigenvalue weighted by Crippen LogP contribution is 2.35. The lowest BCUT2D eigenvalue weighted by molar-refractivity contribution is -0.173. The van der Waals surface area contributed by atoms with E-state index in [1.54, 1.807) is 0 Å². The first-order chi connectivity index (χ1) is 12.7. The van der Waals surface area contributed by atoms with Crippen LogP contribution in [0.5, 0.6) is 0 Å². The van der Waals surface area contributed by atoms with Crippen molar-refractivity contribution in [3.05, 3.63) is 35.9 Å². The normalized spacial score (nSPS) is 31.8. The molecule has 2 unspecified atom stereocenters. The maximum absolute atomic E-state index is 13.5. The van der Waals surface area contributed by atoms with E-state index in [9.17, 15) is 4.79 Å². The predicted molar refractivity (Wildman–Crippen MR) is 103 cm³/mol. The van der Waals surface area contributed by atoms with Gasteiger partial charge in [0.15, 0.2) is 0 Å². The number of carbonyl (C=O) groups is 1. The SMILES string of the molecule is CC(C(=O)OC1CN2CCC1CC2)(c1ccccc1)N1CCCCCC1. The van der Waals surface area contributed by atoms with Crippen LogP contribution in [0.25, 0.3) is 0 Å². The Kier molecular flexibility index (Phi) is 5.32. The number of esters is 1. The summed E-state index contributed by atoms with van der Waals surface area (Å²) in [5.74, 6) is 0.498. The minimum Gasteiger partial charge on any atom is -0.459 e. The van der Waals surface area contributed by atoms with Crippen molar-refractivity contribution in [3.8, 4) is 0 Å². The average molecular weight is 357 g/mol. The highest BCUT2D eigenvalue weighted by atomic mass is 16.5. The average Bonchev–Trinajstić information content (AvgIpc) is 2.99. The van der Waals surface area contributed by atoms with E-state index in [1.807, 2.05) is 18.2 Å². The van der Waals surface area contributed by atoms with Crippen molar-refractivity contribution in [2.45, 2.75) is 57.1 Å². The zero-order valence-corrected chi connectivity index (χ0v) is 16.0. The molecule has 4 aliphatic heterocycles. The molecule has 2 bridgehead atoms. The summed E-state index contributed by atoms with van der Waals surface area (Å²) in [7, 11) is 0. The van der Waals surface area contributed by atoms with Crippen molar-refractivity contribution < 1.29 is 9.53 Å². The van der Waals surface area contributed by atoms with Gasteiger partial charge in [0.2, 0.25) is 0 Å². The third kappa shape index (κ3) is 3.41. The van der Waals surface area contributed by atoms with Gasteiger partial charge in [-0.15, -0.1) is 0 Å². The molecule has 0 amide bonds. The van der Waals surface area contributed by atoms with Crippen LogP contribution >= 0.6 is 0 Å². The van der Waals surface area contributed by atoms with Crippen LogP contribution < -0.4 is 0 Å². The summed E-state index contributed by atoms with van der Waals surface area (Å²) in [5.41, 5.74) is 0.380. The lowest BCUT2D eigenvalue weighted by Crippen LogP contribution is -2.56. The molecule has 0 spiro atoms. The monoisotopic (exact) mass is 356 g/mol. The van der Waals surface area contributed by atoms with E-state index in [-0.39, 0.29) is 12.1 Å². The first-order valence-corrected chi connectivity index (χ1v) is 10.4. The number of ether oxygens (including phenoxy) is 1. The van der Waals surface area contributed by atoms with Gasteiger partial charge in [-0.1, -0.05) is 43.2 Å². The number of piperidine rings is 3. The number of carbonyl (C=O) groups excluding carboxylic acids is 1. The van der Waals surface area contributed by atoms with Gasteiger partial charge >= 0.3 is 5.97 Å². The van der Waals surface area contributed by atoms with Crippen LogP contribution in [-0.2, 0) is 15.1 Å². The van der Waals surface area contributed by atoms with Gasteiger partial charge in [0.1, 0.15) is 11.6 Å². The number of fused-ring (bicyclic) bond motifs is 3. The Morgan fingerprint density at radius 3 is 2.23 bits per heavy atom. The first kappa shape index (κ1) is 18.0. The minimum atomic E-state index is -0.683. The quantitative estimate of drug-likeness (QED) is 0.774. The van der Waals surface area contributed by atoms with Gasteiger partial charge in [-0.2, -0.15) is 0 Å². The molecule has 142 valence electrons. The first-order valence-electron chi connectivity index (χ1n) is 10.4. The van der Waals surface area contributed by atoms with Gasteiger partial charge in [0.25, 0.3) is 0 Å². The summed E-state index contributed by atoms with van der Waals surface area (Å²) in [4.78, 5) is 18.4. The van der Waals surface area contributed by atoms with Gasteiger partial charge < -0.3 is 4.74 Å². The lowest BCUT2D eigenvalue weighted by Gasteiger charge is -2.46. The number of rotatable bonds is 4. The minimum absolute atomic E-state index is 0.0515. The fraction of sp³-hybridized carbons (Fsp3) is 0.682. The molecule has 4 aliphatic rings. The smallest absolute Gasteiger partial charge is 0.331 e. The molecule has 0 N–H and O–H groups in total. The molecule has 0 aliphatic carbocycles. The zero-order valence-electron chi connectivity index (χ0n) is 16.0. The van der Waals surface area contributed by atoms with E-state index in [2.05, 4.69) is 28.9 Å². The van der Waals surface area contributed by atoms with Crippen molar-refractivity contribution in [1.82, 2.24) is 9.80 Å². The highest BCUT2D eigenvalue weighted by molar-refractivity contribution is 5.82. The van der Waals surface area contributed by atoms with Crippen LogP contribution in [0, 0.1) is 5.92 Å². The van der Waals surface area contributed by atoms with Crippen molar-refractivity contribution in [1.29, 1.82) is 0 Å². The third-order valence-corrected chi connectivity index (χ3v) is 6.83. The Morgan fingerprint density at radius 1 is 1.00 bits per heavy atom. The summed E-state index contributed by atoms with van der Waals surface area (Å²) < 4.78 is 6.22. The molecule has 1 aromatic carbocycles. The second kappa shape index (κ2) is 7.69. The maximum atomic E-state index is 13.5. The second-order valence-electron chi connectivity index (χ2n) is 8.42. The van der Waals surface area contributed by atoms with Crippen LogP contribution in [-0.4, -0.2) is 54.6 Å². The van der Waals surface area contributed by atoms with Gasteiger partial charge in [-0.05, 0) is 70.3 Å². The Balaban J connectivity index is 1.58. The van der Waals surface area contributed by atoms with Crippen molar-refractivity contribution in [3.63, 3.8) is 0 Å². The van der Waals surface area contributed by atoms with Gasteiger partial charge in [0.05, 0.1) is 0 Å². The van der Waals surface area contributed by atoms with E-state index in [0.29, 0.717) is 5.92 Å². The highest BCUT2D eigenvalue weighted by Gasteiger charge is 2.45. The van der Waals surface area contributed by atoms with Crippen LogP contribution in [0.1, 0.15) is 51.0 Å². The zero-order chi connectivity index (χ0) is 18.0. The predicted octanol–water partition coefficient (Wildman–Crippen LogP) is 3.42. The Hall–Kier alpha value is -1.39. The molecule has 0 aromatic heterocycles. The molecular formula is C22H32N2O2. The molecule has 4 heterocycles. The fourth-order valence-electron chi connectivity index (χ4n) is 5.01. The van der Waals surface area contributed by atoms with Crippen molar-refractivity contribution in [2.24, 2.45) is 5.92 Å². The fourth-order valence-corrected chi connectivity index (χ4v) is 5.01. The number of likely N-dealkylation sites (tertiary alicyclic amines) is 1. The van der Waals surface area contributed by atoms with E-state index in [0.717, 1.165) is 38.0 Å². The molecule has 5 rings (SSSR count). The molecule has 4 nitrogen and oxygen atoms in total. The third-order valence-electron chi connectivity index (χ3n) is 6.83. The van der Waals surface area contributed by atoms with E-state index in [4.69, 9.17) is 4.74 Å². The number of hydrogen-bond donors (Lipinski definition) is 0. The maximum Gasteiger partial charge on any atom is 0.331 e. The van der Waals surface area contributed by atoms with Crippen molar-refractivity contribution in [2.75, 3.05) is 32.7 Å². The summed E-state index contributed by atoms with van der Waals surface area (Å²) in [6.45, 7) is 7.28. The van der Waals surface area contributed by atoms with Crippen molar-refractivity contribution >= 4 is 5.97 Å². The molecule has 1 aromatic rings. The molecule has 0 radical (unpaired) electrons. The van der Waals surface area contributed by atoms with Crippen LogP contribution in [0.15, 0.2) is 30.3 Å². The number of nitrogens with zero attached hydrogens (tertiary/aromatic N) is 2. The standard InChI is InChI=1S/C22H32N2O2/c1-22(19-9-5-4-6-10-19,24-13-7-2-3-8-14-24)21(25)26-20-17-23-15-11-18(20)12-16-23/h4-6,9-10,18,20H,2-3,7-8,11-17H2,1H3. The molecule has 4 saturated heterocycles. The summed E-state index contributed by atoms with van der Waals surface area (Å²) in [6.07, 6.45) is 7.25. The van der Waals surface area contributed by atoms with Crippen LogP contribution in [0.3, 0.4) is 0 Å². The number of hydrogen-bond acceptors (Lipinski definition) is 4. The van der Waals surface area contributed by atoms with E-state index in [1.165, 1.54) is 38.8 Å². The van der Waals surface area contributed by atoms with E-state index < -0.39 is 5.54 Å². The molecular weight excluding hydrogens is 324 g/mol. The Morgan fingerprint density at radius 2 is 1.65 bits per heavy atom. The molecule has 4 fully saturated rings. The Labute approximate surface area is 157 Å². The van der Waals surface area contributed by atoms with Crippen LogP contribution in [0.2, 0.25) is 0 Å². The Bertz CT molecular complexity index is 604. The summed E-state index contributed by atoms with van der Waals surface area (Å²) >= 11 is 0. The van der Waals surface area contributed by atoms with Crippen LogP contribution in [0.4, 0.5) is 0 Å². The van der Waals surface area contributed by atoms with E-state index >= 15 is 0 Å². The summed E-state index contributed by atoms with van der Waals surface area (Å²) in [5, 5.41) is 0. The summed E-state index contributed by atoms with van der Waals surface area (Å²) in [6, 6.07) is 10.3. The van der Waals surface area contributed by atoms with Gasteiger partial charge in [-0.25, -0.2) is 4.79 Å². The topological polar surface area (TPSA) is 32.8 Å². The lowest BCUT2D eigenvalue weighted by atomic mass is 9.85. The number of benzene rings is 1. The van der Waals surface area contributed by atoms with Gasteiger partial charge in [0, 0.05) is 6.54 Å². The largest absolute Gasteiger partial charge is 0.459 e. The molecule has 2 atom stereocenters. The van der Waals surface area contributed by atoms with Gasteiger partial charge in [-0.3, -0.25) is 9.80 Å². The molecule has 4 heteroatoms. The molecule has 0 saturated carbocycles. The molecule has 26 heavy (non-hydrogen) atoms. The second-order valence-corrected chi connectivity index (χ2v) is 8.42.